The number of rotatable bonds is 5. The third-order valence-electron chi connectivity index (χ3n) is 3.69. The van der Waals surface area contributed by atoms with Gasteiger partial charge >= 0.3 is 6.18 Å². The van der Waals surface area contributed by atoms with Gasteiger partial charge in [0.2, 0.25) is 0 Å². The van der Waals surface area contributed by atoms with Gasteiger partial charge in [0.25, 0.3) is 15.9 Å². The maximum atomic E-state index is 12.9. The van der Waals surface area contributed by atoms with Gasteiger partial charge in [-0.2, -0.15) is 13.2 Å². The molecule has 3 rings (SSSR count). The number of benzene rings is 2. The molecule has 5 nitrogen and oxygen atoms in total. The second-order valence-electron chi connectivity index (χ2n) is 5.76. The van der Waals surface area contributed by atoms with Crippen LogP contribution in [0.5, 0.6) is 0 Å². The first kappa shape index (κ1) is 21.2. The molecule has 11 heteroatoms. The minimum atomic E-state index is -4.65. The Morgan fingerprint density at radius 1 is 1.00 bits per heavy atom. The van der Waals surface area contributed by atoms with Crippen molar-refractivity contribution in [2.24, 2.45) is 0 Å². The molecule has 0 saturated heterocycles. The van der Waals surface area contributed by atoms with Crippen molar-refractivity contribution in [3.05, 3.63) is 76.1 Å². The topological polar surface area (TPSA) is 75.3 Å². The van der Waals surface area contributed by atoms with Crippen molar-refractivity contribution < 1.29 is 26.4 Å². The highest BCUT2D eigenvalue weighted by molar-refractivity contribution is 7.94. The molecule has 0 unspecified atom stereocenters. The van der Waals surface area contributed by atoms with Crippen LogP contribution >= 0.6 is 22.9 Å². The first-order valence-corrected chi connectivity index (χ1v) is 10.6. The minimum absolute atomic E-state index is 0.0748. The van der Waals surface area contributed by atoms with Crippen LogP contribution in [-0.2, 0) is 16.2 Å². The van der Waals surface area contributed by atoms with Gasteiger partial charge < -0.3 is 5.32 Å². The van der Waals surface area contributed by atoms with E-state index in [1.165, 1.54) is 36.4 Å². The van der Waals surface area contributed by atoms with Crippen LogP contribution in [0.4, 0.5) is 24.5 Å². The lowest BCUT2D eigenvalue weighted by atomic mass is 10.1. The Morgan fingerprint density at radius 2 is 1.66 bits per heavy atom. The lowest BCUT2D eigenvalue weighted by Crippen LogP contribution is -2.14. The molecule has 0 aliphatic carbocycles. The van der Waals surface area contributed by atoms with Crippen LogP contribution in [-0.4, -0.2) is 14.3 Å². The van der Waals surface area contributed by atoms with Gasteiger partial charge in [0.1, 0.15) is 4.21 Å². The molecule has 2 N–H and O–H groups in total. The average molecular weight is 461 g/mol. The molecule has 0 aliphatic heterocycles. The summed E-state index contributed by atoms with van der Waals surface area (Å²) in [4.78, 5) is 12.3. The van der Waals surface area contributed by atoms with Crippen molar-refractivity contribution in [3.63, 3.8) is 0 Å². The van der Waals surface area contributed by atoms with E-state index in [0.29, 0.717) is 0 Å². The zero-order valence-corrected chi connectivity index (χ0v) is 16.7. The zero-order chi connectivity index (χ0) is 21.2. The Labute approximate surface area is 173 Å². The van der Waals surface area contributed by atoms with Gasteiger partial charge in [-0.15, -0.1) is 11.3 Å². The van der Waals surface area contributed by atoms with Crippen LogP contribution < -0.4 is 10.0 Å². The van der Waals surface area contributed by atoms with Crippen molar-refractivity contribution in [1.29, 1.82) is 0 Å². The largest absolute Gasteiger partial charge is 0.417 e. The lowest BCUT2D eigenvalue weighted by molar-refractivity contribution is -0.137. The fourth-order valence-corrected chi connectivity index (χ4v) is 4.61. The summed E-state index contributed by atoms with van der Waals surface area (Å²) in [6.45, 7) is 0. The molecule has 0 aliphatic rings. The van der Waals surface area contributed by atoms with Crippen LogP contribution in [0.2, 0.25) is 5.02 Å². The van der Waals surface area contributed by atoms with Gasteiger partial charge in [0, 0.05) is 16.9 Å². The van der Waals surface area contributed by atoms with E-state index in [4.69, 9.17) is 11.6 Å². The summed E-state index contributed by atoms with van der Waals surface area (Å²) in [5.41, 5.74) is -0.766. The maximum absolute atomic E-state index is 12.9. The van der Waals surface area contributed by atoms with E-state index in [2.05, 4.69) is 10.0 Å². The van der Waals surface area contributed by atoms with E-state index in [1.807, 2.05) is 0 Å². The Balaban J connectivity index is 1.73. The number of carbonyl (C=O) groups excluding carboxylic acids is 1. The molecule has 1 amide bonds. The van der Waals surface area contributed by atoms with Crippen molar-refractivity contribution in [2.45, 2.75) is 10.4 Å². The summed E-state index contributed by atoms with van der Waals surface area (Å²) in [7, 11) is -3.73. The van der Waals surface area contributed by atoms with Gasteiger partial charge in [0.05, 0.1) is 10.6 Å². The highest BCUT2D eigenvalue weighted by Crippen LogP contribution is 2.36. The molecule has 152 valence electrons. The highest BCUT2D eigenvalue weighted by Gasteiger charge is 2.33. The molecule has 0 atom stereocenters. The number of hydrogen-bond acceptors (Lipinski definition) is 4. The van der Waals surface area contributed by atoms with Crippen molar-refractivity contribution >= 4 is 50.2 Å². The number of carbonyl (C=O) groups is 1. The molecule has 0 fully saturated rings. The van der Waals surface area contributed by atoms with Crippen LogP contribution in [0, 0.1) is 0 Å². The standard InChI is InChI=1S/C18H12ClF3N2O3S2/c19-15-8-7-13(10-14(15)18(20,21)22)23-17(25)11-3-5-12(6-4-11)24-29(26,27)16-2-1-9-28-16/h1-10,24H,(H,23,25). The van der Waals surface area contributed by atoms with Gasteiger partial charge in [-0.05, 0) is 53.9 Å². The number of anilines is 2. The Morgan fingerprint density at radius 3 is 2.24 bits per heavy atom. The Kier molecular flexibility index (Phi) is 5.87. The summed E-state index contributed by atoms with van der Waals surface area (Å²) in [5, 5.41) is 3.51. The smallest absolute Gasteiger partial charge is 0.322 e. The van der Waals surface area contributed by atoms with E-state index in [0.717, 1.165) is 23.5 Å². The second kappa shape index (κ2) is 8.05. The predicted molar refractivity (Wildman–Crippen MR) is 106 cm³/mol. The third-order valence-corrected chi connectivity index (χ3v) is 6.80. The van der Waals surface area contributed by atoms with E-state index in [-0.39, 0.29) is 21.1 Å². The average Bonchev–Trinajstić information content (AvgIpc) is 3.18. The zero-order valence-electron chi connectivity index (χ0n) is 14.3. The van der Waals surface area contributed by atoms with Crippen LogP contribution in [0.3, 0.4) is 0 Å². The number of nitrogens with one attached hydrogen (secondary N) is 2. The highest BCUT2D eigenvalue weighted by atomic mass is 35.5. The first-order chi connectivity index (χ1) is 13.6. The Hall–Kier alpha value is -2.56. The SMILES string of the molecule is O=C(Nc1ccc(Cl)c(C(F)(F)F)c1)c1ccc(NS(=O)(=O)c2cccs2)cc1. The van der Waals surface area contributed by atoms with Gasteiger partial charge in [-0.3, -0.25) is 9.52 Å². The molecule has 0 saturated carbocycles. The number of sulfonamides is 1. The molecule has 0 bridgehead atoms. The van der Waals surface area contributed by atoms with E-state index < -0.39 is 32.7 Å². The van der Waals surface area contributed by atoms with Gasteiger partial charge in [0.15, 0.2) is 0 Å². The van der Waals surface area contributed by atoms with Crippen LogP contribution in [0.15, 0.2) is 64.2 Å². The number of thiophene rings is 1. The first-order valence-electron chi connectivity index (χ1n) is 7.91. The van der Waals surface area contributed by atoms with Crippen LogP contribution in [0.1, 0.15) is 15.9 Å². The number of alkyl halides is 3. The fraction of sp³-hybridized carbons (Fsp3) is 0.0556. The molecular weight excluding hydrogens is 449 g/mol. The monoisotopic (exact) mass is 460 g/mol. The Bertz CT molecular complexity index is 1130. The lowest BCUT2D eigenvalue weighted by Gasteiger charge is -2.12. The maximum Gasteiger partial charge on any atom is 0.417 e. The molecular formula is C18H12ClF3N2O3S2. The molecule has 2 aromatic carbocycles. The normalized spacial score (nSPS) is 11.9. The van der Waals surface area contributed by atoms with E-state index >= 15 is 0 Å². The summed E-state index contributed by atoms with van der Waals surface area (Å²) < 4.78 is 65.6. The van der Waals surface area contributed by atoms with E-state index in [9.17, 15) is 26.4 Å². The third kappa shape index (κ3) is 5.08. The van der Waals surface area contributed by atoms with Gasteiger partial charge in [-0.25, -0.2) is 8.42 Å². The number of hydrogen-bond donors (Lipinski definition) is 2. The molecule has 1 heterocycles. The summed E-state index contributed by atoms with van der Waals surface area (Å²) in [5.74, 6) is -0.659. The summed E-state index contributed by atoms with van der Waals surface area (Å²) >= 11 is 6.61. The molecule has 3 aromatic rings. The fourth-order valence-electron chi connectivity index (χ4n) is 2.34. The molecule has 1 aromatic heterocycles. The minimum Gasteiger partial charge on any atom is -0.322 e. The van der Waals surface area contributed by atoms with Crippen LogP contribution in [0.25, 0.3) is 0 Å². The van der Waals surface area contributed by atoms with Crippen molar-refractivity contribution in [2.75, 3.05) is 10.0 Å². The quantitative estimate of drug-likeness (QED) is 0.530. The summed E-state index contributed by atoms with van der Waals surface area (Å²) in [6, 6.07) is 11.5. The van der Waals surface area contributed by atoms with Crippen molar-refractivity contribution in [1.82, 2.24) is 0 Å². The second-order valence-corrected chi connectivity index (χ2v) is 9.03. The number of amides is 1. The van der Waals surface area contributed by atoms with E-state index in [1.54, 1.807) is 11.4 Å². The predicted octanol–water partition coefficient (Wildman–Crippen LogP) is 5.47. The van der Waals surface area contributed by atoms with Crippen molar-refractivity contribution in [3.8, 4) is 0 Å². The molecule has 0 spiro atoms. The summed E-state index contributed by atoms with van der Waals surface area (Å²) in [6.07, 6.45) is -4.65. The molecule has 0 radical (unpaired) electrons. The van der Waals surface area contributed by atoms with Gasteiger partial charge in [-0.1, -0.05) is 17.7 Å². The number of halogens is 4. The molecule has 29 heavy (non-hydrogen) atoms.